The fourth-order valence-corrected chi connectivity index (χ4v) is 3.26. The minimum Gasteiger partial charge on any atom is -0.507 e. The number of amides is 1. The second-order valence-corrected chi connectivity index (χ2v) is 6.28. The lowest BCUT2D eigenvalue weighted by Gasteiger charge is -2.25. The standard InChI is InChI=1S/C21H21NO6/c1-27-11-10-22-18(14-8-9-15(23)16(12-14)28-2)17(20(25)21(22)26)19(24)13-6-4-3-5-7-13/h3-9,12,18,23-24H,10-11H2,1-2H3/b19-17+/t18-/m0/s1. The molecule has 1 aliphatic heterocycles. The van der Waals surface area contributed by atoms with E-state index in [2.05, 4.69) is 0 Å². The summed E-state index contributed by atoms with van der Waals surface area (Å²) >= 11 is 0. The van der Waals surface area contributed by atoms with Crippen LogP contribution in [-0.4, -0.2) is 54.2 Å². The number of phenolic OH excluding ortho intramolecular Hbond substituents is 1. The van der Waals surface area contributed by atoms with E-state index < -0.39 is 17.7 Å². The average Bonchev–Trinajstić information content (AvgIpc) is 2.97. The van der Waals surface area contributed by atoms with Gasteiger partial charge in [-0.15, -0.1) is 0 Å². The third-order valence-corrected chi connectivity index (χ3v) is 4.64. The summed E-state index contributed by atoms with van der Waals surface area (Å²) in [6.45, 7) is 0.393. The highest BCUT2D eigenvalue weighted by Gasteiger charge is 2.46. The van der Waals surface area contributed by atoms with Crippen LogP contribution in [0.2, 0.25) is 0 Å². The highest BCUT2D eigenvalue weighted by atomic mass is 16.5. The molecular formula is C21H21NO6. The molecule has 1 heterocycles. The lowest BCUT2D eigenvalue weighted by atomic mass is 9.95. The van der Waals surface area contributed by atoms with Crippen molar-refractivity contribution < 1.29 is 29.3 Å². The van der Waals surface area contributed by atoms with Crippen LogP contribution in [-0.2, 0) is 14.3 Å². The smallest absolute Gasteiger partial charge is 0.295 e. The molecule has 2 N–H and O–H groups in total. The van der Waals surface area contributed by atoms with E-state index in [-0.39, 0.29) is 36.0 Å². The Morgan fingerprint density at radius 2 is 1.82 bits per heavy atom. The Bertz CT molecular complexity index is 922. The molecule has 7 heteroatoms. The van der Waals surface area contributed by atoms with Crippen molar-refractivity contribution in [2.75, 3.05) is 27.4 Å². The number of carbonyl (C=O) groups excluding carboxylic acids is 2. The van der Waals surface area contributed by atoms with E-state index in [4.69, 9.17) is 9.47 Å². The maximum Gasteiger partial charge on any atom is 0.295 e. The largest absolute Gasteiger partial charge is 0.507 e. The number of ether oxygens (including phenoxy) is 2. The monoisotopic (exact) mass is 383 g/mol. The molecule has 0 radical (unpaired) electrons. The molecule has 1 atom stereocenters. The van der Waals surface area contributed by atoms with Gasteiger partial charge in [-0.2, -0.15) is 0 Å². The molecule has 1 saturated heterocycles. The van der Waals surface area contributed by atoms with E-state index in [1.165, 1.54) is 25.2 Å². The molecule has 0 spiro atoms. The summed E-state index contributed by atoms with van der Waals surface area (Å²) in [5.41, 5.74) is 0.950. The van der Waals surface area contributed by atoms with Crippen molar-refractivity contribution >= 4 is 17.4 Å². The van der Waals surface area contributed by atoms with Gasteiger partial charge in [-0.25, -0.2) is 0 Å². The molecule has 7 nitrogen and oxygen atoms in total. The van der Waals surface area contributed by atoms with Crippen LogP contribution in [0.4, 0.5) is 0 Å². The Balaban J connectivity index is 2.18. The maximum absolute atomic E-state index is 12.8. The predicted octanol–water partition coefficient (Wildman–Crippen LogP) is 2.47. The normalized spacial score (nSPS) is 18.5. The number of phenols is 1. The number of aliphatic hydroxyl groups is 1. The molecule has 146 valence electrons. The van der Waals surface area contributed by atoms with E-state index in [0.717, 1.165) is 0 Å². The van der Waals surface area contributed by atoms with Crippen LogP contribution < -0.4 is 4.74 Å². The number of aromatic hydroxyl groups is 1. The maximum atomic E-state index is 12.8. The number of carbonyl (C=O) groups is 2. The summed E-state index contributed by atoms with van der Waals surface area (Å²) in [7, 11) is 2.91. The van der Waals surface area contributed by atoms with E-state index in [1.807, 2.05) is 0 Å². The van der Waals surface area contributed by atoms with Gasteiger partial charge in [-0.1, -0.05) is 36.4 Å². The molecule has 28 heavy (non-hydrogen) atoms. The lowest BCUT2D eigenvalue weighted by molar-refractivity contribution is -0.140. The second kappa shape index (κ2) is 8.14. The van der Waals surface area contributed by atoms with Crippen LogP contribution in [0.5, 0.6) is 11.5 Å². The molecule has 2 aromatic rings. The second-order valence-electron chi connectivity index (χ2n) is 6.28. The molecule has 1 aliphatic rings. The van der Waals surface area contributed by atoms with Crippen molar-refractivity contribution in [1.82, 2.24) is 4.90 Å². The predicted molar refractivity (Wildman–Crippen MR) is 102 cm³/mol. The first-order valence-corrected chi connectivity index (χ1v) is 8.69. The van der Waals surface area contributed by atoms with Crippen LogP contribution in [0, 0.1) is 0 Å². The molecule has 0 aliphatic carbocycles. The summed E-state index contributed by atoms with van der Waals surface area (Å²) < 4.78 is 10.2. The van der Waals surface area contributed by atoms with E-state index in [0.29, 0.717) is 11.1 Å². The zero-order valence-electron chi connectivity index (χ0n) is 15.6. The lowest BCUT2D eigenvalue weighted by Crippen LogP contribution is -2.32. The number of likely N-dealkylation sites (tertiary alicyclic amines) is 1. The molecule has 0 saturated carbocycles. The molecule has 1 fully saturated rings. The molecule has 3 rings (SSSR count). The van der Waals surface area contributed by atoms with Gasteiger partial charge in [0.2, 0.25) is 0 Å². The van der Waals surface area contributed by atoms with Crippen LogP contribution in [0.1, 0.15) is 17.2 Å². The van der Waals surface area contributed by atoms with Crippen molar-refractivity contribution in [3.05, 3.63) is 65.2 Å². The van der Waals surface area contributed by atoms with Gasteiger partial charge >= 0.3 is 0 Å². The summed E-state index contributed by atoms with van der Waals surface area (Å²) in [6, 6.07) is 12.3. The molecule has 2 aromatic carbocycles. The average molecular weight is 383 g/mol. The number of hydrogen-bond acceptors (Lipinski definition) is 6. The minimum atomic E-state index is -0.829. The van der Waals surface area contributed by atoms with Crippen molar-refractivity contribution in [1.29, 1.82) is 0 Å². The highest BCUT2D eigenvalue weighted by molar-refractivity contribution is 6.46. The molecule has 0 aromatic heterocycles. The number of aliphatic hydroxyl groups excluding tert-OH is 1. The first-order valence-electron chi connectivity index (χ1n) is 8.69. The summed E-state index contributed by atoms with van der Waals surface area (Å²) in [5.74, 6) is -1.60. The van der Waals surface area contributed by atoms with E-state index in [1.54, 1.807) is 42.5 Å². The number of hydrogen-bond donors (Lipinski definition) is 2. The van der Waals surface area contributed by atoms with Crippen molar-refractivity contribution in [2.24, 2.45) is 0 Å². The van der Waals surface area contributed by atoms with Crippen molar-refractivity contribution in [3.8, 4) is 11.5 Å². The summed E-state index contributed by atoms with van der Waals surface area (Å²) in [5, 5.41) is 20.7. The van der Waals surface area contributed by atoms with Gasteiger partial charge in [0.05, 0.1) is 25.3 Å². The Morgan fingerprint density at radius 1 is 1.11 bits per heavy atom. The summed E-state index contributed by atoms with van der Waals surface area (Å²) in [4.78, 5) is 26.8. The number of methoxy groups -OCH3 is 2. The SMILES string of the molecule is COCCN1C(=O)C(=O)/C(=C(/O)c2ccccc2)[C@@H]1c1ccc(O)c(OC)c1. The number of benzene rings is 2. The van der Waals surface area contributed by atoms with E-state index >= 15 is 0 Å². The van der Waals surface area contributed by atoms with Crippen molar-refractivity contribution in [3.63, 3.8) is 0 Å². The van der Waals surface area contributed by atoms with Crippen LogP contribution in [0.15, 0.2) is 54.1 Å². The van der Waals surface area contributed by atoms with Crippen LogP contribution >= 0.6 is 0 Å². The van der Waals surface area contributed by atoms with Gasteiger partial charge in [0.25, 0.3) is 11.7 Å². The van der Waals surface area contributed by atoms with Gasteiger partial charge in [0.15, 0.2) is 11.5 Å². The summed E-state index contributed by atoms with van der Waals surface area (Å²) in [6.07, 6.45) is 0. The number of Topliss-reactive ketones (excluding diaryl/α,β-unsaturated/α-hetero) is 1. The Kier molecular flexibility index (Phi) is 5.65. The third-order valence-electron chi connectivity index (χ3n) is 4.64. The van der Waals surface area contributed by atoms with Gasteiger partial charge in [0.1, 0.15) is 5.76 Å². The Labute approximate surface area is 162 Å². The zero-order valence-corrected chi connectivity index (χ0v) is 15.6. The quantitative estimate of drug-likeness (QED) is 0.452. The highest BCUT2D eigenvalue weighted by Crippen LogP contribution is 2.41. The zero-order chi connectivity index (χ0) is 20.3. The third kappa shape index (κ3) is 3.44. The first kappa shape index (κ1) is 19.4. The van der Waals surface area contributed by atoms with Gasteiger partial charge in [0, 0.05) is 19.2 Å². The molecular weight excluding hydrogens is 362 g/mol. The fraction of sp³-hybridized carbons (Fsp3) is 0.238. The number of nitrogens with zero attached hydrogens (tertiary/aromatic N) is 1. The van der Waals surface area contributed by atoms with Gasteiger partial charge < -0.3 is 24.6 Å². The topological polar surface area (TPSA) is 96.3 Å². The Hall–Kier alpha value is -3.32. The van der Waals surface area contributed by atoms with Gasteiger partial charge in [-0.3, -0.25) is 9.59 Å². The number of rotatable bonds is 6. The Morgan fingerprint density at radius 3 is 2.46 bits per heavy atom. The molecule has 0 bridgehead atoms. The van der Waals surface area contributed by atoms with Gasteiger partial charge in [-0.05, 0) is 17.7 Å². The van der Waals surface area contributed by atoms with Crippen LogP contribution in [0.25, 0.3) is 5.76 Å². The van der Waals surface area contributed by atoms with Crippen LogP contribution in [0.3, 0.4) is 0 Å². The van der Waals surface area contributed by atoms with Crippen molar-refractivity contribution in [2.45, 2.75) is 6.04 Å². The number of ketones is 1. The molecule has 0 unspecified atom stereocenters. The van der Waals surface area contributed by atoms with E-state index in [9.17, 15) is 19.8 Å². The molecule has 1 amide bonds. The first-order chi connectivity index (χ1) is 13.5. The fourth-order valence-electron chi connectivity index (χ4n) is 3.26. The minimum absolute atomic E-state index is 0.0138.